The summed E-state index contributed by atoms with van der Waals surface area (Å²) < 4.78 is 37.9. The molecule has 1 aromatic rings. The number of carbonyl (C=O) groups excluding carboxylic acids is 1. The van der Waals surface area contributed by atoms with Crippen molar-refractivity contribution in [1.82, 2.24) is 9.21 Å². The molecule has 0 unspecified atom stereocenters. The number of hydrogen-bond acceptors (Lipinski definition) is 5. The minimum Gasteiger partial charge on any atom is -0.497 e. The Kier molecular flexibility index (Phi) is 7.68. The standard InChI is InChI=1S/C19H32N2O5S/c1-9-21(18(22)26-19(4,5)6)11-10-20(7)27(23,24)17-14(2)12-16(25-8)13-15(17)3/h12-13H,9-11H2,1-8H3. The first-order chi connectivity index (χ1) is 12.3. The van der Waals surface area contributed by atoms with Crippen LogP contribution in [0.4, 0.5) is 4.79 Å². The molecule has 0 N–H and O–H groups in total. The van der Waals surface area contributed by atoms with Gasteiger partial charge in [0.15, 0.2) is 0 Å². The predicted molar refractivity (Wildman–Crippen MR) is 106 cm³/mol. The van der Waals surface area contributed by atoms with Crippen LogP contribution in [0.5, 0.6) is 5.75 Å². The molecule has 27 heavy (non-hydrogen) atoms. The van der Waals surface area contributed by atoms with Crippen LogP contribution in [0.15, 0.2) is 17.0 Å². The van der Waals surface area contributed by atoms with Gasteiger partial charge < -0.3 is 14.4 Å². The Balaban J connectivity index is 2.95. The lowest BCUT2D eigenvalue weighted by Gasteiger charge is -2.28. The van der Waals surface area contributed by atoms with Crippen molar-refractivity contribution in [3.8, 4) is 5.75 Å². The van der Waals surface area contributed by atoms with Gasteiger partial charge in [-0.25, -0.2) is 13.2 Å². The van der Waals surface area contributed by atoms with Crippen molar-refractivity contribution >= 4 is 16.1 Å². The maximum atomic E-state index is 13.0. The Morgan fingerprint density at radius 2 is 1.63 bits per heavy atom. The number of methoxy groups -OCH3 is 1. The zero-order valence-corrected chi connectivity index (χ0v) is 18.4. The monoisotopic (exact) mass is 400 g/mol. The number of nitrogens with zero attached hydrogens (tertiary/aromatic N) is 2. The summed E-state index contributed by atoms with van der Waals surface area (Å²) in [5.74, 6) is 0.619. The SMILES string of the molecule is CCN(CCN(C)S(=O)(=O)c1c(C)cc(OC)cc1C)C(=O)OC(C)(C)C. The van der Waals surface area contributed by atoms with Crippen molar-refractivity contribution < 1.29 is 22.7 Å². The van der Waals surface area contributed by atoms with Crippen molar-refractivity contribution in [2.24, 2.45) is 0 Å². The zero-order chi connectivity index (χ0) is 21.0. The highest BCUT2D eigenvalue weighted by atomic mass is 32.2. The largest absolute Gasteiger partial charge is 0.497 e. The van der Waals surface area contributed by atoms with Gasteiger partial charge in [0, 0.05) is 26.7 Å². The average Bonchev–Trinajstić information content (AvgIpc) is 2.52. The van der Waals surface area contributed by atoms with Crippen LogP contribution in [0.25, 0.3) is 0 Å². The third kappa shape index (κ3) is 6.10. The Labute approximate surface area is 163 Å². The summed E-state index contributed by atoms with van der Waals surface area (Å²) in [5.41, 5.74) is 0.649. The topological polar surface area (TPSA) is 76.2 Å². The molecule has 1 aromatic carbocycles. The van der Waals surface area contributed by atoms with Crippen LogP contribution in [0, 0.1) is 13.8 Å². The van der Waals surface area contributed by atoms with Gasteiger partial charge in [-0.05, 0) is 64.8 Å². The first kappa shape index (κ1) is 23.2. The molecular weight excluding hydrogens is 368 g/mol. The van der Waals surface area contributed by atoms with E-state index in [4.69, 9.17) is 9.47 Å². The minimum absolute atomic E-state index is 0.167. The fourth-order valence-corrected chi connectivity index (χ4v) is 4.24. The molecule has 0 aliphatic heterocycles. The zero-order valence-electron chi connectivity index (χ0n) is 17.6. The molecule has 7 nitrogen and oxygen atoms in total. The molecule has 1 rings (SSSR count). The maximum absolute atomic E-state index is 13.0. The number of likely N-dealkylation sites (N-methyl/N-ethyl adjacent to an activating group) is 2. The van der Waals surface area contributed by atoms with E-state index in [-0.39, 0.29) is 18.0 Å². The number of benzene rings is 1. The van der Waals surface area contributed by atoms with Gasteiger partial charge in [-0.1, -0.05) is 0 Å². The lowest BCUT2D eigenvalue weighted by Crippen LogP contribution is -2.42. The van der Waals surface area contributed by atoms with Gasteiger partial charge in [-0.3, -0.25) is 0 Å². The number of hydrogen-bond donors (Lipinski definition) is 0. The fourth-order valence-electron chi connectivity index (χ4n) is 2.68. The van der Waals surface area contributed by atoms with Gasteiger partial charge in [0.1, 0.15) is 11.4 Å². The van der Waals surface area contributed by atoms with E-state index in [0.717, 1.165) is 0 Å². The van der Waals surface area contributed by atoms with Gasteiger partial charge in [0.2, 0.25) is 10.0 Å². The summed E-state index contributed by atoms with van der Waals surface area (Å²) in [6.45, 7) is 11.6. The fraction of sp³-hybridized carbons (Fsp3) is 0.632. The Morgan fingerprint density at radius 3 is 2.04 bits per heavy atom. The van der Waals surface area contributed by atoms with Gasteiger partial charge >= 0.3 is 6.09 Å². The Bertz CT molecular complexity index is 746. The molecule has 0 aromatic heterocycles. The van der Waals surface area contributed by atoms with Gasteiger partial charge in [0.05, 0.1) is 12.0 Å². The molecule has 1 amide bonds. The molecule has 0 fully saturated rings. The number of ether oxygens (including phenoxy) is 2. The summed E-state index contributed by atoms with van der Waals surface area (Å²) in [7, 11) is -0.630. The van der Waals surface area contributed by atoms with Gasteiger partial charge in [-0.2, -0.15) is 4.31 Å². The molecule has 0 aliphatic carbocycles. The van der Waals surface area contributed by atoms with Crippen molar-refractivity contribution in [1.29, 1.82) is 0 Å². The third-order valence-electron chi connectivity index (χ3n) is 4.06. The highest BCUT2D eigenvalue weighted by molar-refractivity contribution is 7.89. The first-order valence-corrected chi connectivity index (χ1v) is 10.4. The molecular formula is C19H32N2O5S. The van der Waals surface area contributed by atoms with E-state index in [1.54, 1.807) is 53.9 Å². The molecule has 154 valence electrons. The first-order valence-electron chi connectivity index (χ1n) is 8.93. The second-order valence-corrected chi connectivity index (χ2v) is 9.46. The summed E-state index contributed by atoms with van der Waals surface area (Å²) in [5, 5.41) is 0. The van der Waals surface area contributed by atoms with Crippen molar-refractivity contribution in [3.63, 3.8) is 0 Å². The van der Waals surface area contributed by atoms with E-state index in [1.165, 1.54) is 16.3 Å². The van der Waals surface area contributed by atoms with Crippen LogP contribution in [0.3, 0.4) is 0 Å². The average molecular weight is 401 g/mol. The summed E-state index contributed by atoms with van der Waals surface area (Å²) in [4.78, 5) is 14.0. The molecule has 0 saturated heterocycles. The Morgan fingerprint density at radius 1 is 1.11 bits per heavy atom. The highest BCUT2D eigenvalue weighted by Gasteiger charge is 2.27. The minimum atomic E-state index is -3.69. The number of aryl methyl sites for hydroxylation is 2. The molecule has 0 saturated carbocycles. The number of rotatable bonds is 7. The second-order valence-electron chi connectivity index (χ2n) is 7.48. The maximum Gasteiger partial charge on any atom is 0.410 e. The lowest BCUT2D eigenvalue weighted by molar-refractivity contribution is 0.0255. The second kappa shape index (κ2) is 8.93. The lowest BCUT2D eigenvalue weighted by atomic mass is 10.1. The Hall–Kier alpha value is -1.80. The molecule has 8 heteroatoms. The third-order valence-corrected chi connectivity index (χ3v) is 6.22. The van der Waals surface area contributed by atoms with Crippen LogP contribution in [-0.2, 0) is 14.8 Å². The quantitative estimate of drug-likeness (QED) is 0.703. The van der Waals surface area contributed by atoms with Crippen LogP contribution in [-0.4, -0.2) is 63.1 Å². The van der Waals surface area contributed by atoms with Crippen LogP contribution in [0.2, 0.25) is 0 Å². The van der Waals surface area contributed by atoms with E-state index in [0.29, 0.717) is 23.4 Å². The number of amides is 1. The van der Waals surface area contributed by atoms with Crippen LogP contribution >= 0.6 is 0 Å². The van der Waals surface area contributed by atoms with Gasteiger partial charge in [0.25, 0.3) is 0 Å². The van der Waals surface area contributed by atoms with E-state index in [2.05, 4.69) is 0 Å². The summed E-state index contributed by atoms with van der Waals surface area (Å²) in [6.07, 6.45) is -0.451. The highest BCUT2D eigenvalue weighted by Crippen LogP contribution is 2.27. The van der Waals surface area contributed by atoms with E-state index in [9.17, 15) is 13.2 Å². The molecule has 0 aliphatic rings. The smallest absolute Gasteiger partial charge is 0.410 e. The number of carbonyl (C=O) groups is 1. The molecule has 0 radical (unpaired) electrons. The predicted octanol–water partition coefficient (Wildman–Crippen LogP) is 3.19. The van der Waals surface area contributed by atoms with Crippen molar-refractivity contribution in [2.75, 3.05) is 33.8 Å². The van der Waals surface area contributed by atoms with Crippen LogP contribution in [0.1, 0.15) is 38.8 Å². The number of sulfonamides is 1. The molecule has 0 bridgehead atoms. The van der Waals surface area contributed by atoms with Crippen LogP contribution < -0.4 is 4.74 Å². The molecule has 0 atom stereocenters. The van der Waals surface area contributed by atoms with E-state index in [1.807, 2.05) is 6.92 Å². The summed E-state index contributed by atoms with van der Waals surface area (Å²) in [6, 6.07) is 3.40. The van der Waals surface area contributed by atoms with Crippen molar-refractivity contribution in [2.45, 2.75) is 52.0 Å². The van der Waals surface area contributed by atoms with Gasteiger partial charge in [-0.15, -0.1) is 0 Å². The van der Waals surface area contributed by atoms with E-state index >= 15 is 0 Å². The van der Waals surface area contributed by atoms with Crippen molar-refractivity contribution in [3.05, 3.63) is 23.3 Å². The molecule has 0 spiro atoms. The molecule has 0 heterocycles. The summed E-state index contributed by atoms with van der Waals surface area (Å²) >= 11 is 0. The van der Waals surface area contributed by atoms with E-state index < -0.39 is 21.7 Å². The normalized spacial score (nSPS) is 12.2.